The Morgan fingerprint density at radius 2 is 1.32 bits per heavy atom. The molecule has 0 atom stereocenters. The van der Waals surface area contributed by atoms with Crippen molar-refractivity contribution in [2.75, 3.05) is 0 Å². The lowest BCUT2D eigenvalue weighted by Gasteiger charge is -2.05. The Morgan fingerprint density at radius 3 is 1.73 bits per heavy atom. The monoisotopic (exact) mass is 334 g/mol. The predicted molar refractivity (Wildman–Crippen MR) is 98.3 cm³/mol. The molecular formula is C19H26OS2. The molecule has 22 heavy (non-hydrogen) atoms. The number of thiophene rings is 2. The van der Waals surface area contributed by atoms with Crippen molar-refractivity contribution in [1.29, 1.82) is 0 Å². The highest BCUT2D eigenvalue weighted by Crippen LogP contribution is 2.23. The van der Waals surface area contributed by atoms with Crippen LogP contribution in [0.1, 0.15) is 60.4 Å². The van der Waals surface area contributed by atoms with Crippen LogP contribution in [0.2, 0.25) is 0 Å². The second kappa shape index (κ2) is 9.26. The zero-order chi connectivity index (χ0) is 15.8. The molecule has 0 N–H and O–H groups in total. The zero-order valence-electron chi connectivity index (χ0n) is 13.7. The summed E-state index contributed by atoms with van der Waals surface area (Å²) in [6, 6.07) is 4.39. The number of hydrogen-bond acceptors (Lipinski definition) is 3. The van der Waals surface area contributed by atoms with Gasteiger partial charge in [0.05, 0.1) is 0 Å². The predicted octanol–water partition coefficient (Wildman–Crippen LogP) is 5.85. The van der Waals surface area contributed by atoms with Crippen molar-refractivity contribution in [3.63, 3.8) is 0 Å². The van der Waals surface area contributed by atoms with Gasteiger partial charge in [0.2, 0.25) is 0 Å². The number of hydrogen-bond donors (Lipinski definition) is 0. The summed E-state index contributed by atoms with van der Waals surface area (Å²) in [5.74, 6) is 0.361. The Morgan fingerprint density at radius 1 is 0.864 bits per heavy atom. The molecule has 3 heteroatoms. The van der Waals surface area contributed by atoms with Gasteiger partial charge in [0.25, 0.3) is 0 Å². The molecule has 0 aliphatic carbocycles. The van der Waals surface area contributed by atoms with Gasteiger partial charge in [-0.3, -0.25) is 4.79 Å². The lowest BCUT2D eigenvalue weighted by molar-refractivity contribution is -0.117. The first kappa shape index (κ1) is 17.4. The minimum absolute atomic E-state index is 0.361. The Balaban J connectivity index is 1.93. The lowest BCUT2D eigenvalue weighted by atomic mass is 10.0. The minimum atomic E-state index is 0.361. The molecule has 0 saturated heterocycles. The third-order valence-electron chi connectivity index (χ3n) is 3.99. The van der Waals surface area contributed by atoms with Gasteiger partial charge in [0.1, 0.15) is 5.78 Å². The Bertz CT molecular complexity index is 530. The van der Waals surface area contributed by atoms with Crippen molar-refractivity contribution < 1.29 is 4.79 Å². The van der Waals surface area contributed by atoms with Crippen LogP contribution < -0.4 is 0 Å². The van der Waals surface area contributed by atoms with Gasteiger partial charge in [-0.2, -0.15) is 0 Å². The van der Waals surface area contributed by atoms with E-state index in [0.29, 0.717) is 18.6 Å². The summed E-state index contributed by atoms with van der Waals surface area (Å²) in [6.07, 6.45) is 8.29. The van der Waals surface area contributed by atoms with E-state index in [2.05, 4.69) is 36.7 Å². The fraction of sp³-hybridized carbons (Fsp3) is 0.526. The van der Waals surface area contributed by atoms with E-state index in [-0.39, 0.29) is 0 Å². The standard InChI is InChI=1S/C19H26OS2/c1-3-5-7-15-9-11-21-18(15)13-17(20)14-19-16(8-6-4-2)10-12-22-19/h9-12H,3-8,13-14H2,1-2H3. The van der Waals surface area contributed by atoms with Crippen LogP contribution in [0.3, 0.4) is 0 Å². The van der Waals surface area contributed by atoms with Crippen LogP contribution in [0.5, 0.6) is 0 Å². The van der Waals surface area contributed by atoms with Crippen LogP contribution in [0, 0.1) is 0 Å². The summed E-state index contributed by atoms with van der Waals surface area (Å²) in [7, 11) is 0. The molecule has 2 aromatic heterocycles. The van der Waals surface area contributed by atoms with Gasteiger partial charge in [0, 0.05) is 22.6 Å². The average Bonchev–Trinajstić information content (AvgIpc) is 3.12. The smallest absolute Gasteiger partial charge is 0.143 e. The minimum Gasteiger partial charge on any atom is -0.299 e. The van der Waals surface area contributed by atoms with Gasteiger partial charge in [-0.15, -0.1) is 22.7 Å². The first-order valence-electron chi connectivity index (χ1n) is 8.36. The molecule has 0 unspecified atom stereocenters. The van der Waals surface area contributed by atoms with E-state index in [9.17, 15) is 4.79 Å². The largest absolute Gasteiger partial charge is 0.299 e. The maximum absolute atomic E-state index is 12.4. The molecule has 0 aliphatic rings. The maximum atomic E-state index is 12.4. The van der Waals surface area contributed by atoms with Crippen LogP contribution >= 0.6 is 22.7 Å². The first-order chi connectivity index (χ1) is 10.7. The summed E-state index contributed by atoms with van der Waals surface area (Å²) in [6.45, 7) is 4.43. The molecule has 1 nitrogen and oxygen atoms in total. The number of carbonyl (C=O) groups excluding carboxylic acids is 1. The van der Waals surface area contributed by atoms with Gasteiger partial charge in [-0.05, 0) is 59.7 Å². The Hall–Kier alpha value is -0.930. The summed E-state index contributed by atoms with van der Waals surface area (Å²) in [5, 5.41) is 4.26. The van der Waals surface area contributed by atoms with Gasteiger partial charge in [-0.25, -0.2) is 0 Å². The molecular weight excluding hydrogens is 308 g/mol. The first-order valence-corrected chi connectivity index (χ1v) is 10.1. The normalized spacial score (nSPS) is 11.0. The number of unbranched alkanes of at least 4 members (excludes halogenated alkanes) is 2. The summed E-state index contributed by atoms with van der Waals surface area (Å²) < 4.78 is 0. The van der Waals surface area contributed by atoms with Crippen LogP contribution in [0.25, 0.3) is 0 Å². The van der Waals surface area contributed by atoms with Crippen molar-refractivity contribution in [3.05, 3.63) is 43.8 Å². The molecule has 2 aromatic rings. The quantitative estimate of drug-likeness (QED) is 0.532. The third-order valence-corrected chi connectivity index (χ3v) is 5.92. The average molecular weight is 335 g/mol. The van der Waals surface area contributed by atoms with E-state index in [1.54, 1.807) is 22.7 Å². The molecule has 0 fully saturated rings. The highest BCUT2D eigenvalue weighted by molar-refractivity contribution is 7.10. The van der Waals surface area contributed by atoms with E-state index in [4.69, 9.17) is 0 Å². The second-order valence-electron chi connectivity index (χ2n) is 5.84. The molecule has 0 amide bonds. The van der Waals surface area contributed by atoms with Gasteiger partial charge in [0.15, 0.2) is 0 Å². The van der Waals surface area contributed by atoms with Crippen molar-refractivity contribution >= 4 is 28.5 Å². The Labute approximate surface area is 142 Å². The van der Waals surface area contributed by atoms with Crippen molar-refractivity contribution in [2.24, 2.45) is 0 Å². The third kappa shape index (κ3) is 5.06. The topological polar surface area (TPSA) is 17.1 Å². The number of aryl methyl sites for hydroxylation is 2. The van der Waals surface area contributed by atoms with Gasteiger partial charge < -0.3 is 0 Å². The zero-order valence-corrected chi connectivity index (χ0v) is 15.3. The van der Waals surface area contributed by atoms with Crippen LogP contribution in [-0.4, -0.2) is 5.78 Å². The SMILES string of the molecule is CCCCc1ccsc1CC(=O)Cc1sccc1CCCC. The summed E-state index contributed by atoms with van der Waals surface area (Å²) in [4.78, 5) is 15.0. The molecule has 120 valence electrons. The molecule has 0 spiro atoms. The lowest BCUT2D eigenvalue weighted by Crippen LogP contribution is -2.07. The van der Waals surface area contributed by atoms with Crippen molar-refractivity contribution in [3.8, 4) is 0 Å². The summed E-state index contributed by atoms with van der Waals surface area (Å²) in [5.41, 5.74) is 2.77. The molecule has 0 bridgehead atoms. The molecule has 0 saturated carbocycles. The molecule has 2 rings (SSSR count). The van der Waals surface area contributed by atoms with E-state index in [1.165, 1.54) is 46.6 Å². The highest BCUT2D eigenvalue weighted by atomic mass is 32.1. The van der Waals surface area contributed by atoms with E-state index >= 15 is 0 Å². The molecule has 0 aromatic carbocycles. The molecule has 0 aliphatic heterocycles. The van der Waals surface area contributed by atoms with E-state index in [0.717, 1.165) is 12.8 Å². The Kier molecular flexibility index (Phi) is 7.34. The van der Waals surface area contributed by atoms with E-state index < -0.39 is 0 Å². The van der Waals surface area contributed by atoms with E-state index in [1.807, 2.05) is 0 Å². The molecule has 2 heterocycles. The van der Waals surface area contributed by atoms with Crippen LogP contribution in [0.15, 0.2) is 22.9 Å². The van der Waals surface area contributed by atoms with Crippen LogP contribution in [-0.2, 0) is 30.5 Å². The number of ketones is 1. The second-order valence-corrected chi connectivity index (χ2v) is 7.84. The van der Waals surface area contributed by atoms with Crippen molar-refractivity contribution in [1.82, 2.24) is 0 Å². The van der Waals surface area contributed by atoms with Gasteiger partial charge >= 0.3 is 0 Å². The van der Waals surface area contributed by atoms with Crippen LogP contribution in [0.4, 0.5) is 0 Å². The number of Topliss-reactive ketones (excluding diaryl/α,β-unsaturated/α-hetero) is 1. The fourth-order valence-corrected chi connectivity index (χ4v) is 4.57. The molecule has 0 radical (unpaired) electrons. The highest BCUT2D eigenvalue weighted by Gasteiger charge is 2.13. The summed E-state index contributed by atoms with van der Waals surface area (Å²) >= 11 is 3.48. The fourth-order valence-electron chi connectivity index (χ4n) is 2.64. The number of rotatable bonds is 10. The van der Waals surface area contributed by atoms with Gasteiger partial charge in [-0.1, -0.05) is 26.7 Å². The van der Waals surface area contributed by atoms with Crippen molar-refractivity contribution in [2.45, 2.75) is 65.2 Å². The maximum Gasteiger partial charge on any atom is 0.143 e. The number of carbonyl (C=O) groups is 1.